The maximum absolute atomic E-state index is 12.3. The van der Waals surface area contributed by atoms with Crippen molar-refractivity contribution < 1.29 is 9.53 Å². The Bertz CT molecular complexity index is 889. The average Bonchev–Trinajstić information content (AvgIpc) is 3.24. The second kappa shape index (κ2) is 9.01. The monoisotopic (exact) mass is 404 g/mol. The number of hydrogen-bond donors (Lipinski definition) is 1. The van der Waals surface area contributed by atoms with Gasteiger partial charge in [0, 0.05) is 23.0 Å². The van der Waals surface area contributed by atoms with E-state index in [4.69, 9.17) is 16.3 Å². The topological polar surface area (TPSA) is 69.0 Å². The molecule has 0 aliphatic heterocycles. The summed E-state index contributed by atoms with van der Waals surface area (Å²) in [5.74, 6) is 1.76. The molecule has 1 amide bonds. The van der Waals surface area contributed by atoms with E-state index < -0.39 is 0 Å². The molecule has 0 unspecified atom stereocenters. The lowest BCUT2D eigenvalue weighted by Crippen LogP contribution is -2.19. The molecular formula is C19H21ClN4O2S. The Morgan fingerprint density at radius 3 is 2.81 bits per heavy atom. The standard InChI is InChI=1S/C19H21ClN4O2S/c1-13(2)10-24-17(7-8-21-24)23-18(25)9-15-12-27-19(22-15)11-26-16-5-3-14(20)4-6-16/h3-8,12-13H,9-11H2,1-2H3,(H,23,25). The van der Waals surface area contributed by atoms with Crippen molar-refractivity contribution >= 4 is 34.7 Å². The molecule has 0 saturated carbocycles. The van der Waals surface area contributed by atoms with Crippen LogP contribution >= 0.6 is 22.9 Å². The van der Waals surface area contributed by atoms with Gasteiger partial charge in [0.05, 0.1) is 18.3 Å². The van der Waals surface area contributed by atoms with Gasteiger partial charge in [0.25, 0.3) is 0 Å². The van der Waals surface area contributed by atoms with Gasteiger partial charge in [-0.05, 0) is 30.2 Å². The summed E-state index contributed by atoms with van der Waals surface area (Å²) in [7, 11) is 0. The Balaban J connectivity index is 1.52. The molecule has 0 spiro atoms. The summed E-state index contributed by atoms with van der Waals surface area (Å²) < 4.78 is 7.48. The first kappa shape index (κ1) is 19.4. The first-order valence-electron chi connectivity index (χ1n) is 8.63. The van der Waals surface area contributed by atoms with Crippen LogP contribution < -0.4 is 10.1 Å². The fraction of sp³-hybridized carbons (Fsp3) is 0.316. The molecule has 2 heterocycles. The molecule has 6 nitrogen and oxygen atoms in total. The number of nitrogens with one attached hydrogen (secondary N) is 1. The Morgan fingerprint density at radius 1 is 1.30 bits per heavy atom. The zero-order chi connectivity index (χ0) is 19.2. The Labute approximate surface area is 167 Å². The number of halogens is 1. The second-order valence-corrected chi connectivity index (χ2v) is 7.87. The third-order valence-corrected chi connectivity index (χ3v) is 4.76. The number of ether oxygens (including phenoxy) is 1. The van der Waals surface area contributed by atoms with Crippen molar-refractivity contribution in [3.8, 4) is 5.75 Å². The fourth-order valence-corrected chi connectivity index (χ4v) is 3.29. The third-order valence-electron chi connectivity index (χ3n) is 3.64. The summed E-state index contributed by atoms with van der Waals surface area (Å²) in [5.41, 5.74) is 0.724. The first-order chi connectivity index (χ1) is 13.0. The van der Waals surface area contributed by atoms with E-state index in [2.05, 4.69) is 29.2 Å². The summed E-state index contributed by atoms with van der Waals surface area (Å²) in [6, 6.07) is 8.97. The van der Waals surface area contributed by atoms with E-state index in [9.17, 15) is 4.79 Å². The van der Waals surface area contributed by atoms with Crippen LogP contribution in [0.3, 0.4) is 0 Å². The maximum Gasteiger partial charge on any atom is 0.231 e. The van der Waals surface area contributed by atoms with E-state index in [-0.39, 0.29) is 12.3 Å². The SMILES string of the molecule is CC(C)Cn1nccc1NC(=O)Cc1csc(COc2ccc(Cl)cc2)n1. The predicted molar refractivity (Wildman–Crippen MR) is 107 cm³/mol. The van der Waals surface area contributed by atoms with E-state index in [1.807, 2.05) is 17.5 Å². The molecular weight excluding hydrogens is 384 g/mol. The van der Waals surface area contributed by atoms with Crippen molar-refractivity contribution in [3.05, 3.63) is 57.6 Å². The number of thiazole rings is 1. The molecule has 0 aliphatic rings. The minimum absolute atomic E-state index is 0.115. The van der Waals surface area contributed by atoms with Crippen LogP contribution in [0.2, 0.25) is 5.02 Å². The molecule has 2 aromatic heterocycles. The van der Waals surface area contributed by atoms with Crippen LogP contribution in [0, 0.1) is 5.92 Å². The van der Waals surface area contributed by atoms with Crippen LogP contribution in [0.4, 0.5) is 5.82 Å². The fourth-order valence-electron chi connectivity index (χ4n) is 2.45. The van der Waals surface area contributed by atoms with Gasteiger partial charge in [-0.2, -0.15) is 5.10 Å². The zero-order valence-electron chi connectivity index (χ0n) is 15.2. The van der Waals surface area contributed by atoms with E-state index in [1.54, 1.807) is 29.1 Å². The van der Waals surface area contributed by atoms with Gasteiger partial charge in [0.15, 0.2) is 0 Å². The van der Waals surface area contributed by atoms with Crippen molar-refractivity contribution in [1.29, 1.82) is 0 Å². The second-order valence-electron chi connectivity index (χ2n) is 6.49. The molecule has 0 aliphatic carbocycles. The normalized spacial score (nSPS) is 11.0. The maximum atomic E-state index is 12.3. The molecule has 1 aromatic carbocycles. The van der Waals surface area contributed by atoms with Crippen LogP contribution in [0.15, 0.2) is 41.9 Å². The number of aromatic nitrogens is 3. The quantitative estimate of drug-likeness (QED) is 0.603. The Morgan fingerprint density at radius 2 is 2.07 bits per heavy atom. The summed E-state index contributed by atoms with van der Waals surface area (Å²) in [4.78, 5) is 16.8. The molecule has 0 radical (unpaired) electrons. The number of rotatable bonds is 8. The van der Waals surface area contributed by atoms with Gasteiger partial charge in [-0.1, -0.05) is 25.4 Å². The van der Waals surface area contributed by atoms with Gasteiger partial charge >= 0.3 is 0 Å². The van der Waals surface area contributed by atoms with Gasteiger partial charge in [0.1, 0.15) is 23.2 Å². The lowest BCUT2D eigenvalue weighted by molar-refractivity contribution is -0.115. The van der Waals surface area contributed by atoms with Crippen molar-refractivity contribution in [2.24, 2.45) is 5.92 Å². The number of nitrogens with zero attached hydrogens (tertiary/aromatic N) is 3. The highest BCUT2D eigenvalue weighted by Gasteiger charge is 2.11. The molecule has 1 N–H and O–H groups in total. The highest BCUT2D eigenvalue weighted by atomic mass is 35.5. The van der Waals surface area contributed by atoms with E-state index in [0.29, 0.717) is 23.4 Å². The Hall–Kier alpha value is -2.38. The highest BCUT2D eigenvalue weighted by molar-refractivity contribution is 7.09. The predicted octanol–water partition coefficient (Wildman–Crippen LogP) is 4.41. The van der Waals surface area contributed by atoms with Crippen LogP contribution in [0.1, 0.15) is 24.5 Å². The molecule has 0 atom stereocenters. The van der Waals surface area contributed by atoms with Crippen LogP contribution in [0.25, 0.3) is 0 Å². The summed E-state index contributed by atoms with van der Waals surface area (Å²) in [6.45, 7) is 5.33. The van der Waals surface area contributed by atoms with Gasteiger partial charge < -0.3 is 10.1 Å². The van der Waals surface area contributed by atoms with Crippen molar-refractivity contribution in [1.82, 2.24) is 14.8 Å². The highest BCUT2D eigenvalue weighted by Crippen LogP contribution is 2.18. The largest absolute Gasteiger partial charge is 0.486 e. The molecule has 3 aromatic rings. The van der Waals surface area contributed by atoms with E-state index in [1.165, 1.54) is 11.3 Å². The van der Waals surface area contributed by atoms with Gasteiger partial charge in [-0.3, -0.25) is 4.79 Å². The zero-order valence-corrected chi connectivity index (χ0v) is 16.8. The number of amides is 1. The minimum atomic E-state index is -0.115. The first-order valence-corrected chi connectivity index (χ1v) is 9.88. The number of benzene rings is 1. The van der Waals surface area contributed by atoms with Gasteiger partial charge in [0.2, 0.25) is 5.91 Å². The summed E-state index contributed by atoms with van der Waals surface area (Å²) in [5, 5.41) is 10.5. The number of carbonyl (C=O) groups is 1. The van der Waals surface area contributed by atoms with Gasteiger partial charge in [-0.15, -0.1) is 11.3 Å². The molecule has 142 valence electrons. The molecule has 8 heteroatoms. The van der Waals surface area contributed by atoms with Crippen molar-refractivity contribution in [3.63, 3.8) is 0 Å². The van der Waals surface area contributed by atoms with Gasteiger partial charge in [-0.25, -0.2) is 9.67 Å². The third kappa shape index (κ3) is 5.80. The van der Waals surface area contributed by atoms with Crippen LogP contribution in [-0.4, -0.2) is 20.7 Å². The summed E-state index contributed by atoms with van der Waals surface area (Å²) in [6.07, 6.45) is 1.90. The number of carbonyl (C=O) groups excluding carboxylic acids is 1. The van der Waals surface area contributed by atoms with Crippen LogP contribution in [-0.2, 0) is 24.4 Å². The molecule has 0 fully saturated rings. The average molecular weight is 405 g/mol. The molecule has 27 heavy (non-hydrogen) atoms. The molecule has 0 saturated heterocycles. The van der Waals surface area contributed by atoms with Crippen molar-refractivity contribution in [2.75, 3.05) is 5.32 Å². The van der Waals surface area contributed by atoms with E-state index >= 15 is 0 Å². The smallest absolute Gasteiger partial charge is 0.231 e. The van der Waals surface area contributed by atoms with Crippen LogP contribution in [0.5, 0.6) is 5.75 Å². The number of hydrogen-bond acceptors (Lipinski definition) is 5. The van der Waals surface area contributed by atoms with Crippen molar-refractivity contribution in [2.45, 2.75) is 33.4 Å². The lowest BCUT2D eigenvalue weighted by atomic mass is 10.2. The summed E-state index contributed by atoms with van der Waals surface area (Å²) >= 11 is 7.33. The number of anilines is 1. The molecule has 0 bridgehead atoms. The Kier molecular flexibility index (Phi) is 6.47. The minimum Gasteiger partial charge on any atom is -0.486 e. The molecule has 3 rings (SSSR count). The van der Waals surface area contributed by atoms with E-state index in [0.717, 1.165) is 23.0 Å². The lowest BCUT2D eigenvalue weighted by Gasteiger charge is -2.10.